The maximum absolute atomic E-state index is 13.0. The van der Waals surface area contributed by atoms with Gasteiger partial charge >= 0.3 is 5.97 Å². The fraction of sp³-hybridized carbons (Fsp3) is 0.370. The number of hydrogen-bond donors (Lipinski definition) is 2. The summed E-state index contributed by atoms with van der Waals surface area (Å²) in [5, 5.41) is 15.5. The van der Waals surface area contributed by atoms with Crippen LogP contribution in [0.25, 0.3) is 0 Å². The average molecular weight is 558 g/mol. The van der Waals surface area contributed by atoms with Gasteiger partial charge in [-0.25, -0.2) is 4.79 Å². The molecule has 0 spiro atoms. The van der Waals surface area contributed by atoms with Crippen LogP contribution in [-0.4, -0.2) is 44.9 Å². The lowest BCUT2D eigenvalue weighted by atomic mass is 10.0. The highest BCUT2D eigenvalue weighted by molar-refractivity contribution is 7.99. The molecule has 0 saturated heterocycles. The molecule has 1 aromatic heterocycles. The number of halogens is 1. The average Bonchev–Trinajstić information content (AvgIpc) is 3.30. The van der Waals surface area contributed by atoms with Crippen molar-refractivity contribution in [2.24, 2.45) is 5.92 Å². The second-order valence-corrected chi connectivity index (χ2v) is 10.2. The monoisotopic (exact) mass is 557 g/mol. The topological polar surface area (TPSA) is 115 Å². The minimum atomic E-state index is -0.408. The van der Waals surface area contributed by atoms with Gasteiger partial charge in [0.25, 0.3) is 5.91 Å². The van der Waals surface area contributed by atoms with Gasteiger partial charge in [-0.05, 0) is 62.6 Å². The van der Waals surface area contributed by atoms with Crippen molar-refractivity contribution in [3.05, 3.63) is 70.5 Å². The largest absolute Gasteiger partial charge is 0.462 e. The Bertz CT molecular complexity index is 1260. The molecule has 0 saturated carbocycles. The Morgan fingerprint density at radius 2 is 1.76 bits per heavy atom. The van der Waals surface area contributed by atoms with Crippen molar-refractivity contribution in [2.75, 3.05) is 17.7 Å². The highest BCUT2D eigenvalue weighted by atomic mass is 35.5. The highest BCUT2D eigenvalue weighted by Crippen LogP contribution is 2.26. The molecule has 3 aromatic rings. The smallest absolute Gasteiger partial charge is 0.338 e. The molecule has 202 valence electrons. The number of esters is 1. The molecule has 0 fully saturated rings. The lowest BCUT2D eigenvalue weighted by molar-refractivity contribution is -0.113. The summed E-state index contributed by atoms with van der Waals surface area (Å²) in [4.78, 5) is 37.4. The molecule has 0 aliphatic rings. The summed E-state index contributed by atoms with van der Waals surface area (Å²) >= 11 is 7.48. The van der Waals surface area contributed by atoms with Crippen molar-refractivity contribution in [2.45, 2.75) is 51.9 Å². The molecule has 0 radical (unpaired) electrons. The van der Waals surface area contributed by atoms with Gasteiger partial charge in [0.1, 0.15) is 0 Å². The summed E-state index contributed by atoms with van der Waals surface area (Å²) in [7, 11) is 0. The van der Waals surface area contributed by atoms with E-state index in [0.717, 1.165) is 0 Å². The number of nitrogens with one attached hydrogen (secondary N) is 2. The first-order valence-electron chi connectivity index (χ1n) is 12.4. The van der Waals surface area contributed by atoms with Crippen molar-refractivity contribution in [1.82, 2.24) is 20.1 Å². The van der Waals surface area contributed by atoms with Crippen LogP contribution >= 0.6 is 23.4 Å². The van der Waals surface area contributed by atoms with Crippen LogP contribution in [0.1, 0.15) is 66.7 Å². The Hall–Kier alpha value is -3.37. The molecule has 2 N–H and O–H groups in total. The molecule has 0 bridgehead atoms. The summed E-state index contributed by atoms with van der Waals surface area (Å²) in [5.74, 6) is 0.101. The number of amides is 2. The zero-order valence-electron chi connectivity index (χ0n) is 21.9. The first-order valence-corrected chi connectivity index (χ1v) is 13.8. The van der Waals surface area contributed by atoms with Crippen LogP contribution < -0.4 is 10.6 Å². The molecule has 1 atom stereocenters. The number of nitrogens with zero attached hydrogens (tertiary/aromatic N) is 3. The van der Waals surface area contributed by atoms with Crippen molar-refractivity contribution < 1.29 is 19.1 Å². The normalized spacial score (nSPS) is 11.7. The summed E-state index contributed by atoms with van der Waals surface area (Å²) < 4.78 is 6.88. The summed E-state index contributed by atoms with van der Waals surface area (Å²) in [5.41, 5.74) is 1.38. The number of thioether (sulfide) groups is 1. The predicted octanol–water partition coefficient (Wildman–Crippen LogP) is 5.38. The zero-order chi connectivity index (χ0) is 27.7. The van der Waals surface area contributed by atoms with Crippen LogP contribution in [0.4, 0.5) is 5.69 Å². The summed E-state index contributed by atoms with van der Waals surface area (Å²) in [6, 6.07) is 13.0. The third-order valence-corrected chi connectivity index (χ3v) is 6.81. The van der Waals surface area contributed by atoms with Crippen molar-refractivity contribution in [3.8, 4) is 0 Å². The molecule has 9 nitrogen and oxygen atoms in total. The van der Waals surface area contributed by atoms with E-state index in [1.807, 2.05) is 11.5 Å². The first-order chi connectivity index (χ1) is 18.2. The van der Waals surface area contributed by atoms with E-state index in [1.165, 1.54) is 11.8 Å². The summed E-state index contributed by atoms with van der Waals surface area (Å²) in [6.07, 6.45) is 0.654. The van der Waals surface area contributed by atoms with E-state index in [0.29, 0.717) is 52.4 Å². The molecular formula is C27H32ClN5O4S. The zero-order valence-corrected chi connectivity index (χ0v) is 23.4. The number of aromatic nitrogens is 3. The van der Waals surface area contributed by atoms with Crippen molar-refractivity contribution in [1.29, 1.82) is 0 Å². The Balaban J connectivity index is 1.68. The molecule has 38 heavy (non-hydrogen) atoms. The Morgan fingerprint density at radius 1 is 1.05 bits per heavy atom. The van der Waals surface area contributed by atoms with Gasteiger partial charge in [-0.1, -0.05) is 49.3 Å². The van der Waals surface area contributed by atoms with Crippen LogP contribution in [0.2, 0.25) is 5.02 Å². The minimum absolute atomic E-state index is 0.110. The van der Waals surface area contributed by atoms with Crippen LogP contribution in [0.3, 0.4) is 0 Å². The number of anilines is 1. The Morgan fingerprint density at radius 3 is 2.39 bits per heavy atom. The molecule has 0 aliphatic carbocycles. The second-order valence-electron chi connectivity index (χ2n) is 8.86. The molecule has 0 aliphatic heterocycles. The van der Waals surface area contributed by atoms with Gasteiger partial charge in [-0.2, -0.15) is 0 Å². The van der Waals surface area contributed by atoms with Crippen LogP contribution in [0.15, 0.2) is 53.7 Å². The van der Waals surface area contributed by atoms with Crippen LogP contribution in [0, 0.1) is 5.92 Å². The van der Waals surface area contributed by atoms with E-state index in [-0.39, 0.29) is 29.5 Å². The van der Waals surface area contributed by atoms with E-state index in [4.69, 9.17) is 16.3 Å². The van der Waals surface area contributed by atoms with E-state index in [9.17, 15) is 14.4 Å². The van der Waals surface area contributed by atoms with Crippen LogP contribution in [-0.2, 0) is 16.1 Å². The fourth-order valence-electron chi connectivity index (χ4n) is 3.77. The number of rotatable bonds is 12. The van der Waals surface area contributed by atoms with Gasteiger partial charge in [0.05, 0.1) is 34.6 Å². The number of ether oxygens (including phenoxy) is 1. The fourth-order valence-corrected chi connectivity index (χ4v) is 4.81. The lowest BCUT2D eigenvalue weighted by Crippen LogP contribution is -2.31. The molecule has 1 heterocycles. The highest BCUT2D eigenvalue weighted by Gasteiger charge is 2.25. The number of benzene rings is 2. The first kappa shape index (κ1) is 29.2. The minimum Gasteiger partial charge on any atom is -0.462 e. The van der Waals surface area contributed by atoms with Crippen molar-refractivity contribution >= 4 is 46.8 Å². The quantitative estimate of drug-likeness (QED) is 0.227. The number of hydrogen-bond acceptors (Lipinski definition) is 7. The maximum atomic E-state index is 13.0. The Kier molecular flexibility index (Phi) is 10.7. The van der Waals surface area contributed by atoms with Gasteiger partial charge in [0.15, 0.2) is 11.0 Å². The van der Waals surface area contributed by atoms with E-state index >= 15 is 0 Å². The molecule has 2 amide bonds. The van der Waals surface area contributed by atoms with Gasteiger partial charge in [-0.3, -0.25) is 9.59 Å². The summed E-state index contributed by atoms with van der Waals surface area (Å²) in [6.45, 7) is 8.71. The third-order valence-electron chi connectivity index (χ3n) is 5.52. The van der Waals surface area contributed by atoms with Crippen molar-refractivity contribution in [3.63, 3.8) is 0 Å². The SMILES string of the molecule is CCOC(=O)c1ccc(NC(=O)CSc2nnc([C@@H](CC(C)C)NC(=O)c3ccccc3Cl)n2CC)cc1. The van der Waals surface area contributed by atoms with Gasteiger partial charge in [0, 0.05) is 12.2 Å². The van der Waals surface area contributed by atoms with Gasteiger partial charge < -0.3 is 19.9 Å². The Labute approximate surface area is 231 Å². The third kappa shape index (κ3) is 7.82. The maximum Gasteiger partial charge on any atom is 0.338 e. The standard InChI is InChI=1S/C27H32ClN5O4S/c1-5-33-24(22(15-17(3)4)30-25(35)20-9-7-8-10-21(20)28)31-32-27(33)38-16-23(34)29-19-13-11-18(12-14-19)26(36)37-6-2/h7-14,17,22H,5-6,15-16H2,1-4H3,(H,29,34)(H,30,35)/t22-/m1/s1. The van der Waals surface area contributed by atoms with Gasteiger partial charge in [-0.15, -0.1) is 10.2 Å². The number of carbonyl (C=O) groups is 3. The van der Waals surface area contributed by atoms with E-state index in [2.05, 4.69) is 34.7 Å². The van der Waals surface area contributed by atoms with E-state index < -0.39 is 5.97 Å². The molecule has 3 rings (SSSR count). The predicted molar refractivity (Wildman–Crippen MR) is 149 cm³/mol. The molecule has 2 aromatic carbocycles. The van der Waals surface area contributed by atoms with Gasteiger partial charge in [0.2, 0.25) is 5.91 Å². The molecular weight excluding hydrogens is 526 g/mol. The van der Waals surface area contributed by atoms with Crippen LogP contribution in [0.5, 0.6) is 0 Å². The number of carbonyl (C=O) groups excluding carboxylic acids is 3. The van der Waals surface area contributed by atoms with E-state index in [1.54, 1.807) is 55.5 Å². The molecule has 0 unspecified atom stereocenters. The lowest BCUT2D eigenvalue weighted by Gasteiger charge is -2.21. The molecule has 11 heteroatoms. The second kappa shape index (κ2) is 14.0.